The lowest BCUT2D eigenvalue weighted by Gasteiger charge is -2.10. The summed E-state index contributed by atoms with van der Waals surface area (Å²) < 4.78 is 1.91. The standard InChI is InChI=1S/C15H15ClN2O2/c1-9-2-5-12(14(19)6-9)17-15(20)13-7-10(16)8-18(13)11-3-4-11/h2,5-8,11,19H,3-4H2,1H3,(H,17,20). The molecule has 1 aromatic heterocycles. The number of carbonyl (C=O) groups is 1. The van der Waals surface area contributed by atoms with Crippen LogP contribution in [0.1, 0.15) is 34.9 Å². The highest BCUT2D eigenvalue weighted by molar-refractivity contribution is 6.31. The predicted molar refractivity (Wildman–Crippen MR) is 78.5 cm³/mol. The van der Waals surface area contributed by atoms with E-state index in [-0.39, 0.29) is 11.7 Å². The molecule has 1 amide bonds. The molecule has 0 unspecified atom stereocenters. The number of amides is 1. The number of aromatic nitrogens is 1. The summed E-state index contributed by atoms with van der Waals surface area (Å²) in [6, 6.07) is 7.16. The number of benzene rings is 1. The number of rotatable bonds is 3. The minimum absolute atomic E-state index is 0.0639. The number of aromatic hydroxyl groups is 1. The van der Waals surface area contributed by atoms with Gasteiger partial charge in [-0.25, -0.2) is 0 Å². The predicted octanol–water partition coefficient (Wildman–Crippen LogP) is 3.74. The maximum Gasteiger partial charge on any atom is 0.272 e. The summed E-state index contributed by atoms with van der Waals surface area (Å²) in [4.78, 5) is 12.3. The normalized spacial score (nSPS) is 14.3. The summed E-state index contributed by atoms with van der Waals surface area (Å²) in [6.45, 7) is 1.88. The van der Waals surface area contributed by atoms with Gasteiger partial charge in [-0.1, -0.05) is 17.7 Å². The van der Waals surface area contributed by atoms with Crippen molar-refractivity contribution in [3.05, 3.63) is 46.7 Å². The van der Waals surface area contributed by atoms with Crippen molar-refractivity contribution in [3.63, 3.8) is 0 Å². The van der Waals surface area contributed by atoms with E-state index in [9.17, 15) is 9.90 Å². The first-order chi connectivity index (χ1) is 9.54. The van der Waals surface area contributed by atoms with Crippen molar-refractivity contribution >= 4 is 23.2 Å². The van der Waals surface area contributed by atoms with Crippen LogP contribution in [0, 0.1) is 6.92 Å². The fourth-order valence-electron chi connectivity index (χ4n) is 2.22. The van der Waals surface area contributed by atoms with E-state index in [1.54, 1.807) is 24.4 Å². The van der Waals surface area contributed by atoms with Crippen LogP contribution >= 0.6 is 11.6 Å². The van der Waals surface area contributed by atoms with Crippen LogP contribution in [0.4, 0.5) is 5.69 Å². The zero-order chi connectivity index (χ0) is 14.3. The van der Waals surface area contributed by atoms with E-state index < -0.39 is 0 Å². The van der Waals surface area contributed by atoms with Gasteiger partial charge in [-0.2, -0.15) is 0 Å². The summed E-state index contributed by atoms with van der Waals surface area (Å²) in [5.74, 6) is -0.197. The topological polar surface area (TPSA) is 54.3 Å². The van der Waals surface area contributed by atoms with Gasteiger partial charge in [0.25, 0.3) is 5.91 Å². The van der Waals surface area contributed by atoms with E-state index in [4.69, 9.17) is 11.6 Å². The Hall–Kier alpha value is -1.94. The van der Waals surface area contributed by atoms with Crippen LogP contribution in [-0.2, 0) is 0 Å². The number of phenols is 1. The Morgan fingerprint density at radius 1 is 1.40 bits per heavy atom. The highest BCUT2D eigenvalue weighted by Crippen LogP contribution is 2.37. The molecule has 0 bridgehead atoms. The lowest BCUT2D eigenvalue weighted by Crippen LogP contribution is -2.16. The minimum atomic E-state index is -0.261. The second-order valence-corrected chi connectivity index (χ2v) is 5.59. The molecule has 0 aliphatic heterocycles. The molecule has 2 aromatic rings. The fraction of sp³-hybridized carbons (Fsp3) is 0.267. The number of phenolic OH excluding ortho intramolecular Hbond substituents is 1. The van der Waals surface area contributed by atoms with Gasteiger partial charge in [-0.3, -0.25) is 4.79 Å². The highest BCUT2D eigenvalue weighted by Gasteiger charge is 2.28. The maximum atomic E-state index is 12.3. The molecule has 0 saturated heterocycles. The van der Waals surface area contributed by atoms with E-state index in [1.807, 2.05) is 17.6 Å². The van der Waals surface area contributed by atoms with Gasteiger partial charge in [-0.15, -0.1) is 0 Å². The quantitative estimate of drug-likeness (QED) is 0.846. The third-order valence-electron chi connectivity index (χ3n) is 3.39. The molecule has 1 aliphatic carbocycles. The van der Waals surface area contributed by atoms with E-state index >= 15 is 0 Å². The molecule has 4 nitrogen and oxygen atoms in total. The number of hydrogen-bond donors (Lipinski definition) is 2. The molecular weight excluding hydrogens is 276 g/mol. The second-order valence-electron chi connectivity index (χ2n) is 5.16. The minimum Gasteiger partial charge on any atom is -0.506 e. The molecule has 104 valence electrons. The van der Waals surface area contributed by atoms with Gasteiger partial charge in [0.2, 0.25) is 0 Å². The summed E-state index contributed by atoms with van der Waals surface area (Å²) in [5, 5.41) is 13.1. The van der Waals surface area contributed by atoms with Gasteiger partial charge in [0.05, 0.1) is 10.7 Å². The van der Waals surface area contributed by atoms with E-state index in [1.165, 1.54) is 0 Å². The van der Waals surface area contributed by atoms with Crippen LogP contribution in [-0.4, -0.2) is 15.6 Å². The fourth-order valence-corrected chi connectivity index (χ4v) is 2.42. The Bertz CT molecular complexity index is 675. The Kier molecular flexibility index (Phi) is 3.18. The zero-order valence-electron chi connectivity index (χ0n) is 11.1. The van der Waals surface area contributed by atoms with Gasteiger partial charge in [-0.05, 0) is 43.5 Å². The van der Waals surface area contributed by atoms with Gasteiger partial charge in [0.1, 0.15) is 11.4 Å². The Morgan fingerprint density at radius 3 is 2.80 bits per heavy atom. The molecule has 1 aliphatic rings. The van der Waals surface area contributed by atoms with E-state index in [0.29, 0.717) is 22.4 Å². The molecule has 20 heavy (non-hydrogen) atoms. The van der Waals surface area contributed by atoms with Crippen molar-refractivity contribution < 1.29 is 9.90 Å². The number of aryl methyl sites for hydroxylation is 1. The SMILES string of the molecule is Cc1ccc(NC(=O)c2cc(Cl)cn2C2CC2)c(O)c1. The molecule has 1 heterocycles. The number of hydrogen-bond acceptors (Lipinski definition) is 2. The third kappa shape index (κ3) is 2.51. The Labute approximate surface area is 122 Å². The van der Waals surface area contributed by atoms with Crippen molar-refractivity contribution in [2.45, 2.75) is 25.8 Å². The van der Waals surface area contributed by atoms with Crippen molar-refractivity contribution in [1.82, 2.24) is 4.57 Å². The van der Waals surface area contributed by atoms with Crippen molar-refractivity contribution in [2.24, 2.45) is 0 Å². The molecule has 0 atom stereocenters. The molecule has 5 heteroatoms. The lowest BCUT2D eigenvalue weighted by molar-refractivity contribution is 0.101. The lowest BCUT2D eigenvalue weighted by atomic mass is 10.2. The van der Waals surface area contributed by atoms with Gasteiger partial charge in [0, 0.05) is 12.2 Å². The number of anilines is 1. The molecule has 0 spiro atoms. The molecular formula is C15H15ClN2O2. The third-order valence-corrected chi connectivity index (χ3v) is 3.60. The number of nitrogens with one attached hydrogen (secondary N) is 1. The van der Waals surface area contributed by atoms with Crippen LogP contribution < -0.4 is 5.32 Å². The van der Waals surface area contributed by atoms with Crippen LogP contribution in [0.3, 0.4) is 0 Å². The smallest absolute Gasteiger partial charge is 0.272 e. The second kappa shape index (κ2) is 4.87. The summed E-state index contributed by atoms with van der Waals surface area (Å²) in [6.07, 6.45) is 3.92. The largest absolute Gasteiger partial charge is 0.506 e. The van der Waals surface area contributed by atoms with Gasteiger partial charge < -0.3 is 15.0 Å². The van der Waals surface area contributed by atoms with Crippen molar-refractivity contribution in [3.8, 4) is 5.75 Å². The van der Waals surface area contributed by atoms with Crippen LogP contribution in [0.15, 0.2) is 30.5 Å². The average Bonchev–Trinajstić information content (AvgIpc) is 3.16. The Balaban J connectivity index is 1.86. The van der Waals surface area contributed by atoms with Gasteiger partial charge >= 0.3 is 0 Å². The van der Waals surface area contributed by atoms with Crippen LogP contribution in [0.5, 0.6) is 5.75 Å². The number of nitrogens with zero attached hydrogens (tertiary/aromatic N) is 1. The van der Waals surface area contributed by atoms with Crippen LogP contribution in [0.25, 0.3) is 0 Å². The molecule has 2 N–H and O–H groups in total. The molecule has 0 radical (unpaired) electrons. The zero-order valence-corrected chi connectivity index (χ0v) is 11.8. The summed E-state index contributed by atoms with van der Waals surface area (Å²) in [7, 11) is 0. The average molecular weight is 291 g/mol. The first-order valence-corrected chi connectivity index (χ1v) is 6.91. The molecule has 1 aromatic carbocycles. The molecule has 1 saturated carbocycles. The first-order valence-electron chi connectivity index (χ1n) is 6.53. The highest BCUT2D eigenvalue weighted by atomic mass is 35.5. The van der Waals surface area contributed by atoms with E-state index in [2.05, 4.69) is 5.32 Å². The summed E-state index contributed by atoms with van der Waals surface area (Å²) in [5.41, 5.74) is 1.86. The monoisotopic (exact) mass is 290 g/mol. The van der Waals surface area contributed by atoms with E-state index in [0.717, 1.165) is 18.4 Å². The molecule has 1 fully saturated rings. The van der Waals surface area contributed by atoms with Crippen LogP contribution in [0.2, 0.25) is 5.02 Å². The Morgan fingerprint density at radius 2 is 2.15 bits per heavy atom. The number of carbonyl (C=O) groups excluding carboxylic acids is 1. The first kappa shape index (κ1) is 13.1. The number of halogens is 1. The van der Waals surface area contributed by atoms with Crippen molar-refractivity contribution in [1.29, 1.82) is 0 Å². The summed E-state index contributed by atoms with van der Waals surface area (Å²) >= 11 is 5.99. The van der Waals surface area contributed by atoms with Crippen molar-refractivity contribution in [2.75, 3.05) is 5.32 Å². The maximum absolute atomic E-state index is 12.3. The van der Waals surface area contributed by atoms with Gasteiger partial charge in [0.15, 0.2) is 0 Å². The molecule has 3 rings (SSSR count).